The normalized spacial score (nSPS) is 10.8. The van der Waals surface area contributed by atoms with Gasteiger partial charge in [0.2, 0.25) is 0 Å². The smallest absolute Gasteiger partial charge is 0.451 e. The molecule has 0 aromatic carbocycles. The summed E-state index contributed by atoms with van der Waals surface area (Å²) < 4.78 is 4.74. The lowest BCUT2D eigenvalue weighted by Crippen LogP contribution is -2.26. The molecule has 0 spiro atoms. The number of halogens is 2. The predicted molar refractivity (Wildman–Crippen MR) is 48.8 cm³/mol. The van der Waals surface area contributed by atoms with E-state index >= 15 is 0 Å². The lowest BCUT2D eigenvalue weighted by molar-refractivity contribution is -0.129. The van der Waals surface area contributed by atoms with Crippen molar-refractivity contribution in [3.8, 4) is 0 Å². The average Bonchev–Trinajstić information content (AvgIpc) is 1.86. The molecule has 0 N–H and O–H groups in total. The van der Waals surface area contributed by atoms with Crippen LogP contribution in [0.15, 0.2) is 12.7 Å². The third-order valence-electron chi connectivity index (χ3n) is 0.958. The molecule has 0 saturated heterocycles. The molecule has 5 heteroatoms. The van der Waals surface area contributed by atoms with Crippen molar-refractivity contribution in [2.24, 2.45) is 0 Å². The van der Waals surface area contributed by atoms with Gasteiger partial charge in [-0.2, -0.15) is 0 Å². The lowest BCUT2D eigenvalue weighted by atomic mass is 10.6. The van der Waals surface area contributed by atoms with Crippen LogP contribution in [0, 0.1) is 0 Å². The topological polar surface area (TPSA) is 26.3 Å². The molecule has 0 unspecified atom stereocenters. The fraction of sp³-hybridized carbons (Fsp3) is 0.500. The highest BCUT2D eigenvalue weighted by Gasteiger charge is 2.32. The van der Waals surface area contributed by atoms with E-state index in [1.807, 2.05) is 6.92 Å². The molecule has 0 rings (SSSR count). The van der Waals surface area contributed by atoms with Crippen LogP contribution in [0.2, 0.25) is 6.04 Å². The number of rotatable bonds is 4. The van der Waals surface area contributed by atoms with Crippen molar-refractivity contribution in [2.75, 3.05) is 0 Å². The molecule has 0 radical (unpaired) electrons. The Labute approximate surface area is 76.7 Å². The molecule has 0 saturated carbocycles. The van der Waals surface area contributed by atoms with Crippen molar-refractivity contribution in [1.29, 1.82) is 0 Å². The van der Waals surface area contributed by atoms with Crippen LogP contribution >= 0.6 is 22.2 Å². The molecule has 11 heavy (non-hydrogen) atoms. The van der Waals surface area contributed by atoms with Crippen molar-refractivity contribution in [3.05, 3.63) is 12.7 Å². The third-order valence-corrected chi connectivity index (χ3v) is 4.14. The van der Waals surface area contributed by atoms with Gasteiger partial charge in [0.15, 0.2) is 0 Å². The van der Waals surface area contributed by atoms with Crippen molar-refractivity contribution in [3.63, 3.8) is 0 Å². The summed E-state index contributed by atoms with van der Waals surface area (Å²) in [5.41, 5.74) is 0. The van der Waals surface area contributed by atoms with Crippen LogP contribution < -0.4 is 0 Å². The van der Waals surface area contributed by atoms with E-state index in [2.05, 4.69) is 6.58 Å². The summed E-state index contributed by atoms with van der Waals surface area (Å²) in [7, 11) is 0. The van der Waals surface area contributed by atoms with E-state index in [9.17, 15) is 4.79 Å². The maximum atomic E-state index is 10.6. The summed E-state index contributed by atoms with van der Waals surface area (Å²) in [5, 5.41) is 0. The Morgan fingerprint density at radius 1 is 1.73 bits per heavy atom. The number of carbonyl (C=O) groups is 1. The van der Waals surface area contributed by atoms with E-state index < -0.39 is 12.9 Å². The van der Waals surface area contributed by atoms with E-state index in [0.717, 1.165) is 12.5 Å². The minimum absolute atomic E-state index is 0.546. The first-order valence-corrected chi connectivity index (χ1v) is 7.39. The Kier molecular flexibility index (Phi) is 4.80. The highest BCUT2D eigenvalue weighted by atomic mass is 35.7. The molecule has 0 atom stereocenters. The predicted octanol–water partition coefficient (Wildman–Crippen LogP) is 2.54. The second-order valence-corrected chi connectivity index (χ2v) is 8.24. The van der Waals surface area contributed by atoms with E-state index in [0.29, 0.717) is 6.04 Å². The van der Waals surface area contributed by atoms with Crippen LogP contribution in [0.4, 0.5) is 0 Å². The Morgan fingerprint density at radius 2 is 2.27 bits per heavy atom. The molecule has 0 aliphatic heterocycles. The summed E-state index contributed by atoms with van der Waals surface area (Å²) in [4.78, 5) is 10.6. The van der Waals surface area contributed by atoms with Gasteiger partial charge in [0.1, 0.15) is 0 Å². The molecule has 64 valence electrons. The molecular formula is C6H10Cl2O2Si. The Balaban J connectivity index is 3.89. The van der Waals surface area contributed by atoms with Gasteiger partial charge >= 0.3 is 12.9 Å². The van der Waals surface area contributed by atoms with Gasteiger partial charge in [-0.05, 0) is 0 Å². The monoisotopic (exact) mass is 212 g/mol. The Morgan fingerprint density at radius 3 is 2.64 bits per heavy atom. The summed E-state index contributed by atoms with van der Waals surface area (Å²) in [5.74, 6) is -0.546. The van der Waals surface area contributed by atoms with Crippen LogP contribution in [-0.4, -0.2) is 12.9 Å². The van der Waals surface area contributed by atoms with Crippen molar-refractivity contribution in [1.82, 2.24) is 0 Å². The van der Waals surface area contributed by atoms with Gasteiger partial charge in [-0.3, -0.25) is 0 Å². The quantitative estimate of drug-likeness (QED) is 0.407. The molecule has 0 aromatic heterocycles. The molecular weight excluding hydrogens is 203 g/mol. The van der Waals surface area contributed by atoms with Crippen LogP contribution in [0.1, 0.15) is 13.3 Å². The highest BCUT2D eigenvalue weighted by Crippen LogP contribution is 2.23. The zero-order valence-electron chi connectivity index (χ0n) is 6.27. The standard InChI is InChI=1S/C6H10Cl2O2Si/c1-3-5-11(7,8)10-6(9)4-2/h4H,2-3,5H2,1H3. The minimum atomic E-state index is -2.76. The largest absolute Gasteiger partial charge is 0.488 e. The number of carbonyl (C=O) groups excluding carboxylic acids is 1. The minimum Gasteiger partial charge on any atom is -0.488 e. The second-order valence-electron chi connectivity index (χ2n) is 2.01. The Bertz CT molecular complexity index is 159. The summed E-state index contributed by atoms with van der Waals surface area (Å²) >= 11 is 11.4. The van der Waals surface area contributed by atoms with Crippen LogP contribution in [0.5, 0.6) is 0 Å². The van der Waals surface area contributed by atoms with Gasteiger partial charge in [-0.15, -0.1) is 0 Å². The van der Waals surface area contributed by atoms with Gasteiger partial charge in [0, 0.05) is 12.1 Å². The maximum absolute atomic E-state index is 10.6. The van der Waals surface area contributed by atoms with E-state index in [1.54, 1.807) is 0 Å². The molecule has 0 heterocycles. The zero-order chi connectivity index (χ0) is 8.91. The number of hydrogen-bond acceptors (Lipinski definition) is 2. The van der Waals surface area contributed by atoms with Crippen molar-refractivity contribution < 1.29 is 9.22 Å². The Hall–Kier alpha value is 0.00688. The molecule has 0 fully saturated rings. The summed E-state index contributed by atoms with van der Waals surface area (Å²) in [6.45, 7) is 2.40. The third kappa shape index (κ3) is 5.30. The van der Waals surface area contributed by atoms with E-state index in [4.69, 9.17) is 26.6 Å². The average molecular weight is 213 g/mol. The fourth-order valence-electron chi connectivity index (χ4n) is 0.531. The molecule has 0 aromatic rings. The van der Waals surface area contributed by atoms with Gasteiger partial charge in [0.25, 0.3) is 0 Å². The highest BCUT2D eigenvalue weighted by molar-refractivity contribution is 7.42. The van der Waals surface area contributed by atoms with Crippen molar-refractivity contribution >= 4 is 35.1 Å². The first-order chi connectivity index (χ1) is 5.02. The molecule has 0 aliphatic rings. The zero-order valence-corrected chi connectivity index (χ0v) is 8.78. The lowest BCUT2D eigenvalue weighted by Gasteiger charge is -2.14. The second kappa shape index (κ2) is 4.80. The van der Waals surface area contributed by atoms with Gasteiger partial charge < -0.3 is 4.43 Å². The molecule has 0 bridgehead atoms. The molecule has 0 amide bonds. The molecule has 0 aliphatic carbocycles. The number of hydrogen-bond donors (Lipinski definition) is 0. The van der Waals surface area contributed by atoms with Crippen LogP contribution in [-0.2, 0) is 9.22 Å². The SMILES string of the molecule is C=CC(=O)O[Si](Cl)(Cl)CCC. The van der Waals surface area contributed by atoms with Gasteiger partial charge in [0.05, 0.1) is 0 Å². The maximum Gasteiger partial charge on any atom is 0.451 e. The van der Waals surface area contributed by atoms with Crippen molar-refractivity contribution in [2.45, 2.75) is 19.4 Å². The first kappa shape index (κ1) is 11.0. The van der Waals surface area contributed by atoms with Gasteiger partial charge in [-0.1, -0.05) is 42.1 Å². The first-order valence-electron chi connectivity index (χ1n) is 3.25. The van der Waals surface area contributed by atoms with E-state index in [1.165, 1.54) is 0 Å². The summed E-state index contributed by atoms with van der Waals surface area (Å²) in [6.07, 6.45) is 1.87. The molecule has 2 nitrogen and oxygen atoms in total. The van der Waals surface area contributed by atoms with Gasteiger partial charge in [-0.25, -0.2) is 4.79 Å². The van der Waals surface area contributed by atoms with E-state index in [-0.39, 0.29) is 0 Å². The fourth-order valence-corrected chi connectivity index (χ4v) is 3.18. The van der Waals surface area contributed by atoms with Crippen LogP contribution in [0.25, 0.3) is 0 Å². The summed E-state index contributed by atoms with van der Waals surface area (Å²) in [6, 6.07) is 0.551. The van der Waals surface area contributed by atoms with Crippen LogP contribution in [0.3, 0.4) is 0 Å².